The average molecular weight is 850 g/mol. The summed E-state index contributed by atoms with van der Waals surface area (Å²) in [4.78, 5) is 18.8. The van der Waals surface area contributed by atoms with Gasteiger partial charge in [0.2, 0.25) is 0 Å². The molecule has 6 saturated carbocycles. The van der Waals surface area contributed by atoms with Crippen molar-refractivity contribution in [1.82, 2.24) is 0 Å². The van der Waals surface area contributed by atoms with Crippen LogP contribution in [0.2, 0.25) is 23.6 Å². The van der Waals surface area contributed by atoms with Crippen LogP contribution >= 0.6 is 0 Å². The van der Waals surface area contributed by atoms with Crippen molar-refractivity contribution < 1.29 is 19.8 Å². The second kappa shape index (κ2) is 22.9. The quantitative estimate of drug-likeness (QED) is 0.180. The van der Waals surface area contributed by atoms with Gasteiger partial charge in [-0.15, -0.1) is 0 Å². The van der Waals surface area contributed by atoms with Crippen LogP contribution in [0.3, 0.4) is 0 Å². The zero-order valence-electron chi connectivity index (χ0n) is 29.5. The van der Waals surface area contributed by atoms with E-state index in [0.717, 1.165) is 0 Å². The summed E-state index contributed by atoms with van der Waals surface area (Å²) in [6.45, 7) is 0. The Morgan fingerprint density at radius 2 is 0.478 bits per heavy atom. The molecule has 0 N–H and O–H groups in total. The summed E-state index contributed by atoms with van der Waals surface area (Å²) >= 11 is -2.30. The third kappa shape index (κ3) is 13.9. The molecule has 0 heterocycles. The van der Waals surface area contributed by atoms with Gasteiger partial charge in [0.15, 0.2) is 0 Å². The molecule has 0 radical (unpaired) electrons. The standard InChI is InChI=1S/6C6H11.C4H4O4.2Sn/c6*1-2-4-6-5-3-1;5-3(6)1-2-4(7)8;;/h6*1H,2-6H2;1-2H,(H,5,6)(H,7,8);;/q;;;;;;;2*+1/p-2/b;;;;;;2-1-;;. The van der Waals surface area contributed by atoms with E-state index in [1.807, 2.05) is 0 Å². The fraction of sp³-hybridized carbons (Fsp3) is 0.900. The van der Waals surface area contributed by atoms with Gasteiger partial charge in [-0.3, -0.25) is 0 Å². The van der Waals surface area contributed by atoms with Crippen LogP contribution in [0.1, 0.15) is 193 Å². The number of carboxylic acids is 2. The Morgan fingerprint density at radius 3 is 0.609 bits per heavy atom. The Kier molecular flexibility index (Phi) is 19.4. The van der Waals surface area contributed by atoms with Crippen LogP contribution < -0.4 is 10.2 Å². The van der Waals surface area contributed by atoms with Crippen LogP contribution in [0.25, 0.3) is 0 Å². The van der Waals surface area contributed by atoms with E-state index < -0.39 is 51.5 Å². The smallest absolute Gasteiger partial charge is 0.0643 e. The van der Waals surface area contributed by atoms with Gasteiger partial charge in [0.25, 0.3) is 0 Å². The Morgan fingerprint density at radius 1 is 0.326 bits per heavy atom. The maximum atomic E-state index is 9.41. The fourth-order valence-electron chi connectivity index (χ4n) is 10.8. The molecular weight excluding hydrogens is 782 g/mol. The number of carbonyl (C=O) groups excluding carboxylic acids is 2. The number of carbonyl (C=O) groups is 2. The predicted octanol–water partition coefficient (Wildman–Crippen LogP) is 10.0. The van der Waals surface area contributed by atoms with Crippen molar-refractivity contribution in [2.45, 2.75) is 216 Å². The monoisotopic (exact) mass is 852 g/mol. The zero-order chi connectivity index (χ0) is 32.4. The zero-order valence-corrected chi connectivity index (χ0v) is 35.2. The molecule has 6 fully saturated rings. The average Bonchev–Trinajstić information content (AvgIpc) is 3.11. The molecule has 0 spiro atoms. The van der Waals surface area contributed by atoms with Gasteiger partial charge in [-0.2, -0.15) is 0 Å². The van der Waals surface area contributed by atoms with Gasteiger partial charge in [0, 0.05) is 0 Å². The van der Waals surface area contributed by atoms with Crippen molar-refractivity contribution in [3.8, 4) is 0 Å². The van der Waals surface area contributed by atoms with Gasteiger partial charge in [0.1, 0.15) is 0 Å². The van der Waals surface area contributed by atoms with E-state index in [0.29, 0.717) is 12.2 Å². The maximum absolute atomic E-state index is 9.41. The number of hydrogen-bond acceptors (Lipinski definition) is 4. The molecule has 260 valence electrons. The van der Waals surface area contributed by atoms with Gasteiger partial charge in [0.05, 0.1) is 11.9 Å². The van der Waals surface area contributed by atoms with Crippen LogP contribution in [0.15, 0.2) is 12.2 Å². The number of carboxylic acid groups (broad SMARTS) is 2. The molecule has 0 saturated heterocycles. The molecule has 6 rings (SSSR count). The van der Waals surface area contributed by atoms with Gasteiger partial charge in [-0.05, 0) is 12.2 Å². The third-order valence-corrected chi connectivity index (χ3v) is 38.8. The second-order valence-corrected chi connectivity index (χ2v) is 35.7. The molecule has 6 heteroatoms. The SMILES string of the molecule is C1CC[CH]([Sn+]([CH]2CCCCC2)[CH]2CCCCC2)CC1.C1CC[CH]([Sn+]([CH]2CCCCC2)[CH]2CCCCC2)CC1.O=C([O-])/C=C\C(=O)[O-]. The minimum atomic E-state index is -1.55. The van der Waals surface area contributed by atoms with Crippen molar-refractivity contribution in [3.63, 3.8) is 0 Å². The first-order valence-corrected chi connectivity index (χ1v) is 30.2. The van der Waals surface area contributed by atoms with Crippen LogP contribution in [0.5, 0.6) is 0 Å². The largest absolute Gasteiger partial charge is 0.545 e. The van der Waals surface area contributed by atoms with Crippen molar-refractivity contribution in [1.29, 1.82) is 0 Å². The molecule has 0 bridgehead atoms. The summed E-state index contributed by atoms with van der Waals surface area (Å²) in [5, 5.41) is 18.8. The molecule has 0 aromatic heterocycles. The van der Waals surface area contributed by atoms with Crippen molar-refractivity contribution in [2.75, 3.05) is 0 Å². The third-order valence-electron chi connectivity index (χ3n) is 12.8. The molecule has 0 unspecified atom stereocenters. The normalized spacial score (nSPS) is 25.1. The van der Waals surface area contributed by atoms with E-state index >= 15 is 0 Å². The molecule has 6 aliphatic carbocycles. The molecule has 0 aliphatic heterocycles. The minimum Gasteiger partial charge on any atom is -0.545 e. The Balaban J connectivity index is 0.000000170. The van der Waals surface area contributed by atoms with Gasteiger partial charge >= 0.3 is 256 Å². The summed E-state index contributed by atoms with van der Waals surface area (Å²) in [5.41, 5.74) is 0. The summed E-state index contributed by atoms with van der Waals surface area (Å²) in [6.07, 6.45) is 49.2. The van der Waals surface area contributed by atoms with E-state index in [1.165, 1.54) is 23.6 Å². The molecule has 0 aromatic rings. The van der Waals surface area contributed by atoms with Gasteiger partial charge < -0.3 is 19.8 Å². The number of aliphatic carboxylic acids is 2. The number of hydrogen-bond donors (Lipinski definition) is 0. The molecule has 4 nitrogen and oxygen atoms in total. The van der Waals surface area contributed by atoms with Crippen molar-refractivity contribution in [3.05, 3.63) is 12.2 Å². The molecular formula is C40H68O4Sn2. The van der Waals surface area contributed by atoms with Crippen molar-refractivity contribution >= 4 is 51.5 Å². The Hall–Kier alpha value is 0.277. The van der Waals surface area contributed by atoms with E-state index in [2.05, 4.69) is 0 Å². The fourth-order valence-corrected chi connectivity index (χ4v) is 40.6. The first-order chi connectivity index (χ1) is 22.5. The summed E-state index contributed by atoms with van der Waals surface area (Å²) in [5.74, 6) is -3.09. The molecule has 6 aliphatic rings. The van der Waals surface area contributed by atoms with E-state index in [9.17, 15) is 19.8 Å². The second-order valence-electron chi connectivity index (χ2n) is 16.0. The first kappa shape index (κ1) is 39.1. The predicted molar refractivity (Wildman–Crippen MR) is 192 cm³/mol. The minimum absolute atomic E-state index is 0.384. The van der Waals surface area contributed by atoms with Crippen LogP contribution in [-0.4, -0.2) is 51.5 Å². The number of rotatable bonds is 8. The van der Waals surface area contributed by atoms with Gasteiger partial charge in [-0.25, -0.2) is 0 Å². The topological polar surface area (TPSA) is 80.3 Å². The summed E-state index contributed by atoms with van der Waals surface area (Å²) in [7, 11) is 0. The molecule has 46 heavy (non-hydrogen) atoms. The molecule has 0 amide bonds. The Bertz CT molecular complexity index is 701. The van der Waals surface area contributed by atoms with E-state index in [4.69, 9.17) is 0 Å². The van der Waals surface area contributed by atoms with Crippen molar-refractivity contribution in [2.24, 2.45) is 0 Å². The van der Waals surface area contributed by atoms with Crippen LogP contribution in [0.4, 0.5) is 0 Å². The van der Waals surface area contributed by atoms with Crippen LogP contribution in [-0.2, 0) is 9.59 Å². The molecule has 0 aromatic carbocycles. The van der Waals surface area contributed by atoms with E-state index in [1.54, 1.807) is 193 Å². The maximum Gasteiger partial charge on any atom is 0.0643 e. The summed E-state index contributed by atoms with van der Waals surface area (Å²) < 4.78 is 7.93. The first-order valence-electron chi connectivity index (χ1n) is 20.4. The van der Waals surface area contributed by atoms with Gasteiger partial charge in [-0.1, -0.05) is 0 Å². The van der Waals surface area contributed by atoms with Crippen LogP contribution in [0, 0.1) is 0 Å². The van der Waals surface area contributed by atoms with E-state index in [-0.39, 0.29) is 0 Å². The molecule has 0 atom stereocenters. The Labute approximate surface area is 297 Å². The summed E-state index contributed by atoms with van der Waals surface area (Å²) in [6, 6.07) is 0.